The zero-order valence-electron chi connectivity index (χ0n) is 12.0. The molecule has 0 bridgehead atoms. The van der Waals surface area contributed by atoms with Crippen molar-refractivity contribution in [2.75, 3.05) is 13.6 Å². The molecule has 1 atom stereocenters. The number of aliphatic carboxylic acids is 1. The Labute approximate surface area is 129 Å². The molecule has 1 N–H and O–H groups in total. The number of carbonyl (C=O) groups is 2. The number of carboxylic acids is 1. The van der Waals surface area contributed by atoms with Crippen LogP contribution in [0.1, 0.15) is 16.6 Å². The van der Waals surface area contributed by atoms with E-state index in [4.69, 9.17) is 5.11 Å². The molecule has 2 aromatic rings. The van der Waals surface area contributed by atoms with Crippen LogP contribution in [0.5, 0.6) is 0 Å². The summed E-state index contributed by atoms with van der Waals surface area (Å²) in [5, 5.41) is 20.3. The number of carboxylic acid groups (broad SMARTS) is 1. The molecule has 0 aliphatic carbocycles. The summed E-state index contributed by atoms with van der Waals surface area (Å²) in [7, 11) is 1.54. The van der Waals surface area contributed by atoms with Gasteiger partial charge in [0, 0.05) is 35.8 Å². The zero-order chi connectivity index (χ0) is 16.4. The summed E-state index contributed by atoms with van der Waals surface area (Å²) < 4.78 is 0.772. The van der Waals surface area contributed by atoms with Gasteiger partial charge in [-0.2, -0.15) is 0 Å². The monoisotopic (exact) mass is 322 g/mol. The summed E-state index contributed by atoms with van der Waals surface area (Å²) in [5.74, 6) is -1.92. The lowest BCUT2D eigenvalue weighted by molar-refractivity contribution is -0.384. The highest BCUT2D eigenvalue weighted by Crippen LogP contribution is 2.29. The molecule has 2 rings (SSSR count). The number of hydrogen-bond acceptors (Lipinski definition) is 5. The summed E-state index contributed by atoms with van der Waals surface area (Å²) in [4.78, 5) is 35.2. The topological polar surface area (TPSA) is 101 Å². The number of rotatable bonds is 5. The Morgan fingerprint density at radius 3 is 2.68 bits per heavy atom. The van der Waals surface area contributed by atoms with Gasteiger partial charge in [0.15, 0.2) is 0 Å². The lowest BCUT2D eigenvalue weighted by atomic mass is 10.1. The fourth-order valence-corrected chi connectivity index (χ4v) is 3.05. The maximum absolute atomic E-state index is 12.3. The highest BCUT2D eigenvalue weighted by atomic mass is 32.1. The highest BCUT2D eigenvalue weighted by molar-refractivity contribution is 7.20. The van der Waals surface area contributed by atoms with E-state index in [1.54, 1.807) is 12.1 Å². The smallest absolute Gasteiger partial charge is 0.308 e. The molecule has 8 heteroatoms. The second kappa shape index (κ2) is 6.10. The quantitative estimate of drug-likeness (QED) is 0.673. The van der Waals surface area contributed by atoms with Crippen LogP contribution in [0, 0.1) is 16.0 Å². The number of amides is 1. The maximum atomic E-state index is 12.3. The molecular formula is C14H14N2O5S. The van der Waals surface area contributed by atoms with Gasteiger partial charge in [0.2, 0.25) is 0 Å². The summed E-state index contributed by atoms with van der Waals surface area (Å²) >= 11 is 1.23. The molecule has 116 valence electrons. The molecule has 1 aromatic heterocycles. The first-order chi connectivity index (χ1) is 10.3. The van der Waals surface area contributed by atoms with Crippen LogP contribution in [-0.2, 0) is 4.79 Å². The van der Waals surface area contributed by atoms with Gasteiger partial charge in [0.05, 0.1) is 15.7 Å². The number of fused-ring (bicyclic) bond motifs is 1. The Hall–Kier alpha value is -2.48. The van der Waals surface area contributed by atoms with E-state index in [0.29, 0.717) is 10.3 Å². The molecule has 0 spiro atoms. The predicted octanol–water partition coefficient (Wildman–Crippen LogP) is 2.60. The minimum Gasteiger partial charge on any atom is -0.481 e. The van der Waals surface area contributed by atoms with Gasteiger partial charge < -0.3 is 10.0 Å². The molecule has 0 aliphatic heterocycles. The van der Waals surface area contributed by atoms with E-state index in [9.17, 15) is 19.7 Å². The van der Waals surface area contributed by atoms with E-state index in [1.165, 1.54) is 42.3 Å². The van der Waals surface area contributed by atoms with Crippen LogP contribution >= 0.6 is 11.3 Å². The highest BCUT2D eigenvalue weighted by Gasteiger charge is 2.20. The lowest BCUT2D eigenvalue weighted by Crippen LogP contribution is -2.33. The van der Waals surface area contributed by atoms with Crippen molar-refractivity contribution in [2.45, 2.75) is 6.92 Å². The fourth-order valence-electron chi connectivity index (χ4n) is 2.01. The minimum absolute atomic E-state index is 0.0304. The first kappa shape index (κ1) is 15.9. The summed E-state index contributed by atoms with van der Waals surface area (Å²) in [6, 6.07) is 6.01. The second-order valence-corrected chi connectivity index (χ2v) is 6.10. The summed E-state index contributed by atoms with van der Waals surface area (Å²) in [6.07, 6.45) is 0. The number of non-ortho nitro benzene ring substituents is 1. The molecule has 0 radical (unpaired) electrons. The van der Waals surface area contributed by atoms with Crippen molar-refractivity contribution in [3.8, 4) is 0 Å². The largest absolute Gasteiger partial charge is 0.481 e. The van der Waals surface area contributed by atoms with Crippen LogP contribution in [0.25, 0.3) is 10.1 Å². The van der Waals surface area contributed by atoms with Crippen molar-refractivity contribution in [1.29, 1.82) is 0 Å². The molecule has 1 aromatic carbocycles. The maximum Gasteiger partial charge on any atom is 0.308 e. The van der Waals surface area contributed by atoms with Crippen molar-refractivity contribution in [3.05, 3.63) is 39.3 Å². The minimum atomic E-state index is -0.966. The Bertz CT molecular complexity index is 755. The molecule has 1 amide bonds. The second-order valence-electron chi connectivity index (χ2n) is 5.01. The van der Waals surface area contributed by atoms with E-state index in [-0.39, 0.29) is 18.1 Å². The van der Waals surface area contributed by atoms with E-state index < -0.39 is 16.8 Å². The number of carbonyl (C=O) groups excluding carboxylic acids is 1. The lowest BCUT2D eigenvalue weighted by Gasteiger charge is -2.18. The van der Waals surface area contributed by atoms with E-state index in [2.05, 4.69) is 0 Å². The van der Waals surface area contributed by atoms with Crippen LogP contribution < -0.4 is 0 Å². The molecule has 0 saturated heterocycles. The summed E-state index contributed by atoms with van der Waals surface area (Å²) in [5.41, 5.74) is -0.0304. The third-order valence-electron chi connectivity index (χ3n) is 3.24. The first-order valence-electron chi connectivity index (χ1n) is 6.46. The number of benzene rings is 1. The number of nitro groups is 1. The van der Waals surface area contributed by atoms with E-state index >= 15 is 0 Å². The van der Waals surface area contributed by atoms with E-state index in [1.807, 2.05) is 0 Å². The molecule has 0 saturated carbocycles. The molecular weight excluding hydrogens is 308 g/mol. The van der Waals surface area contributed by atoms with Crippen LogP contribution in [0.15, 0.2) is 24.3 Å². The van der Waals surface area contributed by atoms with Gasteiger partial charge in [0.1, 0.15) is 0 Å². The Balaban J connectivity index is 2.24. The average molecular weight is 322 g/mol. The van der Waals surface area contributed by atoms with Crippen molar-refractivity contribution >= 4 is 39.0 Å². The Kier molecular flexibility index (Phi) is 4.41. The third kappa shape index (κ3) is 3.22. The Morgan fingerprint density at radius 1 is 1.41 bits per heavy atom. The van der Waals surface area contributed by atoms with Crippen LogP contribution in [0.2, 0.25) is 0 Å². The van der Waals surface area contributed by atoms with Gasteiger partial charge in [-0.3, -0.25) is 19.7 Å². The predicted molar refractivity (Wildman–Crippen MR) is 82.2 cm³/mol. The number of hydrogen-bond donors (Lipinski definition) is 1. The van der Waals surface area contributed by atoms with Crippen molar-refractivity contribution < 1.29 is 19.6 Å². The number of thiophene rings is 1. The van der Waals surface area contributed by atoms with Crippen molar-refractivity contribution in [1.82, 2.24) is 4.90 Å². The normalized spacial score (nSPS) is 12.1. The first-order valence-corrected chi connectivity index (χ1v) is 7.27. The molecule has 22 heavy (non-hydrogen) atoms. The SMILES string of the molecule is CC(CN(C)C(=O)c1cc2cc([N+](=O)[O-])ccc2s1)C(=O)O. The standard InChI is InChI=1S/C14H14N2O5S/c1-8(14(18)19)7-15(2)13(17)12-6-9-5-10(16(20)21)3-4-11(9)22-12/h3-6,8H,7H2,1-2H3,(H,18,19). The van der Waals surface area contributed by atoms with Crippen molar-refractivity contribution in [3.63, 3.8) is 0 Å². The summed E-state index contributed by atoms with van der Waals surface area (Å²) in [6.45, 7) is 1.63. The third-order valence-corrected chi connectivity index (χ3v) is 4.34. The molecule has 1 heterocycles. The van der Waals surface area contributed by atoms with Gasteiger partial charge in [-0.1, -0.05) is 6.92 Å². The number of nitrogens with zero attached hydrogens (tertiary/aromatic N) is 2. The molecule has 7 nitrogen and oxygen atoms in total. The van der Waals surface area contributed by atoms with Gasteiger partial charge in [-0.25, -0.2) is 0 Å². The van der Waals surface area contributed by atoms with Crippen molar-refractivity contribution in [2.24, 2.45) is 5.92 Å². The van der Waals surface area contributed by atoms with Gasteiger partial charge in [-0.05, 0) is 12.1 Å². The van der Waals surface area contributed by atoms with Crippen LogP contribution in [0.4, 0.5) is 5.69 Å². The van der Waals surface area contributed by atoms with Crippen LogP contribution in [-0.4, -0.2) is 40.4 Å². The fraction of sp³-hybridized carbons (Fsp3) is 0.286. The van der Waals surface area contributed by atoms with Crippen LogP contribution in [0.3, 0.4) is 0 Å². The van der Waals surface area contributed by atoms with Gasteiger partial charge in [0.25, 0.3) is 11.6 Å². The Morgan fingerprint density at radius 2 is 2.09 bits per heavy atom. The van der Waals surface area contributed by atoms with E-state index in [0.717, 1.165) is 4.70 Å². The molecule has 0 fully saturated rings. The van der Waals surface area contributed by atoms with Gasteiger partial charge >= 0.3 is 5.97 Å². The van der Waals surface area contributed by atoms with Gasteiger partial charge in [-0.15, -0.1) is 11.3 Å². The molecule has 1 unspecified atom stereocenters. The zero-order valence-corrected chi connectivity index (χ0v) is 12.8. The molecule has 0 aliphatic rings. The number of nitro benzene ring substituents is 1. The average Bonchev–Trinajstić information content (AvgIpc) is 2.88.